The zero-order valence-corrected chi connectivity index (χ0v) is 16.2. The van der Waals surface area contributed by atoms with Crippen molar-refractivity contribution >= 4 is 33.1 Å². The summed E-state index contributed by atoms with van der Waals surface area (Å²) in [6.07, 6.45) is 1.73. The van der Waals surface area contributed by atoms with E-state index in [-0.39, 0.29) is 5.56 Å². The average molecular weight is 396 g/mol. The molecular formula is C24H16N2O2S. The highest BCUT2D eigenvalue weighted by atomic mass is 32.1. The van der Waals surface area contributed by atoms with E-state index in [1.807, 2.05) is 66.7 Å². The molecule has 4 rings (SSSR count). The summed E-state index contributed by atoms with van der Waals surface area (Å²) in [4.78, 5) is 16.3. The lowest BCUT2D eigenvalue weighted by Crippen LogP contribution is -2.07. The minimum absolute atomic E-state index is 0.319. The van der Waals surface area contributed by atoms with Crippen LogP contribution in [0.2, 0.25) is 0 Å². The normalized spacial score (nSPS) is 11.2. The number of fused-ring (bicyclic) bond motifs is 1. The van der Waals surface area contributed by atoms with Gasteiger partial charge >= 0.3 is 0 Å². The molecular weight excluding hydrogens is 380 g/mol. The van der Waals surface area contributed by atoms with Gasteiger partial charge in [-0.25, -0.2) is 0 Å². The number of benzene rings is 3. The Morgan fingerprint density at radius 1 is 1.00 bits per heavy atom. The molecule has 0 amide bonds. The number of rotatable bonds is 5. The fourth-order valence-corrected chi connectivity index (χ4v) is 3.80. The molecule has 5 heteroatoms. The van der Waals surface area contributed by atoms with Crippen LogP contribution in [0, 0.1) is 11.3 Å². The Bertz CT molecular complexity index is 1270. The van der Waals surface area contributed by atoms with Gasteiger partial charge < -0.3 is 4.74 Å². The predicted octanol–water partition coefficient (Wildman–Crippen LogP) is 5.30. The molecule has 3 aromatic carbocycles. The molecule has 0 fully saturated rings. The lowest BCUT2D eigenvalue weighted by Gasteiger charge is -2.06. The first kappa shape index (κ1) is 18.6. The topological polar surface area (TPSA) is 63.0 Å². The maximum atomic E-state index is 12.2. The van der Waals surface area contributed by atoms with Gasteiger partial charge in [0, 0.05) is 4.70 Å². The molecule has 0 radical (unpaired) electrons. The van der Waals surface area contributed by atoms with E-state index in [1.54, 1.807) is 18.2 Å². The lowest BCUT2D eigenvalue weighted by molar-refractivity contribution is 0.306. The number of allylic oxidation sites excluding steroid dienone is 1. The number of aromatic nitrogens is 1. The molecule has 1 heterocycles. The molecule has 0 N–H and O–H groups in total. The number of ether oxygens (including phenoxy) is 1. The van der Waals surface area contributed by atoms with Crippen LogP contribution in [0.4, 0.5) is 0 Å². The summed E-state index contributed by atoms with van der Waals surface area (Å²) in [5.41, 5.74) is 1.97. The van der Waals surface area contributed by atoms with Crippen LogP contribution in [0.3, 0.4) is 0 Å². The van der Waals surface area contributed by atoms with E-state index in [0.717, 1.165) is 21.6 Å². The summed E-state index contributed by atoms with van der Waals surface area (Å²) >= 11 is 1.34. The van der Waals surface area contributed by atoms with Crippen molar-refractivity contribution in [1.82, 2.24) is 4.98 Å². The van der Waals surface area contributed by atoms with Crippen molar-refractivity contribution in [2.24, 2.45) is 0 Å². The first-order chi connectivity index (χ1) is 14.2. The number of hydrogen-bond donors (Lipinski definition) is 0. The molecule has 0 spiro atoms. The Kier molecular flexibility index (Phi) is 5.46. The summed E-state index contributed by atoms with van der Waals surface area (Å²) in [6.45, 7) is 0.494. The maximum Gasteiger partial charge on any atom is 0.279 e. The van der Waals surface area contributed by atoms with Crippen LogP contribution < -0.4 is 10.3 Å². The summed E-state index contributed by atoms with van der Waals surface area (Å²) in [7, 11) is 0. The number of nitrogens with zero attached hydrogens (tertiary/aromatic N) is 2. The molecule has 140 valence electrons. The molecule has 1 aromatic heterocycles. The highest BCUT2D eigenvalue weighted by Gasteiger charge is 2.09. The van der Waals surface area contributed by atoms with Gasteiger partial charge in [-0.2, -0.15) is 10.2 Å². The quantitative estimate of drug-likeness (QED) is 0.430. The number of hydrogen-bond acceptors (Lipinski definition) is 5. The highest BCUT2D eigenvalue weighted by Crippen LogP contribution is 2.25. The number of nitriles is 1. The summed E-state index contributed by atoms with van der Waals surface area (Å²) in [5.74, 6) is 0.748. The van der Waals surface area contributed by atoms with Gasteiger partial charge in [-0.1, -0.05) is 54.6 Å². The zero-order valence-electron chi connectivity index (χ0n) is 15.4. The van der Waals surface area contributed by atoms with E-state index < -0.39 is 0 Å². The minimum atomic E-state index is -0.319. The highest BCUT2D eigenvalue weighted by molar-refractivity contribution is 7.19. The van der Waals surface area contributed by atoms with Crippen LogP contribution in [-0.4, -0.2) is 4.98 Å². The van der Waals surface area contributed by atoms with Gasteiger partial charge in [-0.15, -0.1) is 11.3 Å². The van der Waals surface area contributed by atoms with E-state index in [2.05, 4.69) is 11.1 Å². The van der Waals surface area contributed by atoms with Gasteiger partial charge in [0.05, 0.1) is 11.0 Å². The van der Waals surface area contributed by atoms with Crippen molar-refractivity contribution in [3.8, 4) is 11.8 Å². The molecule has 0 saturated heterocycles. The first-order valence-corrected chi connectivity index (χ1v) is 9.83. The van der Waals surface area contributed by atoms with Crippen molar-refractivity contribution in [2.75, 3.05) is 0 Å². The van der Waals surface area contributed by atoms with Crippen molar-refractivity contribution in [3.05, 3.63) is 105 Å². The second kappa shape index (κ2) is 8.51. The minimum Gasteiger partial charge on any atom is -0.489 e. The van der Waals surface area contributed by atoms with Gasteiger partial charge in [-0.05, 0) is 41.5 Å². The largest absolute Gasteiger partial charge is 0.489 e. The van der Waals surface area contributed by atoms with E-state index in [4.69, 9.17) is 4.74 Å². The van der Waals surface area contributed by atoms with Crippen molar-refractivity contribution < 1.29 is 4.74 Å². The molecule has 0 unspecified atom stereocenters. The van der Waals surface area contributed by atoms with E-state index in [9.17, 15) is 10.1 Å². The van der Waals surface area contributed by atoms with Crippen molar-refractivity contribution in [2.45, 2.75) is 6.61 Å². The van der Waals surface area contributed by atoms with Crippen LogP contribution in [-0.2, 0) is 6.61 Å². The Balaban J connectivity index is 1.56. The molecule has 0 bridgehead atoms. The molecule has 0 saturated carbocycles. The van der Waals surface area contributed by atoms with E-state index in [1.165, 1.54) is 11.3 Å². The van der Waals surface area contributed by atoms with Gasteiger partial charge in [0.15, 0.2) is 0 Å². The molecule has 0 aliphatic carbocycles. The smallest absolute Gasteiger partial charge is 0.279 e. The lowest BCUT2D eigenvalue weighted by atomic mass is 10.1. The molecule has 4 aromatic rings. The Labute approximate surface area is 172 Å². The van der Waals surface area contributed by atoms with Crippen molar-refractivity contribution in [1.29, 1.82) is 5.26 Å². The van der Waals surface area contributed by atoms with Gasteiger partial charge in [0.1, 0.15) is 23.4 Å². The molecule has 0 atom stereocenters. The third-order valence-electron chi connectivity index (χ3n) is 4.32. The van der Waals surface area contributed by atoms with Crippen LogP contribution in [0.1, 0.15) is 16.1 Å². The zero-order chi connectivity index (χ0) is 20.1. The molecule has 29 heavy (non-hydrogen) atoms. The van der Waals surface area contributed by atoms with Crippen molar-refractivity contribution in [3.63, 3.8) is 0 Å². The fraction of sp³-hybridized carbons (Fsp3) is 0.0417. The van der Waals surface area contributed by atoms with E-state index >= 15 is 0 Å². The SMILES string of the molecule is N#CC(=Cc1ccc(OCc2ccccc2)cc1)c1nc(=O)c2ccccc2s1. The first-order valence-electron chi connectivity index (χ1n) is 9.02. The Morgan fingerprint density at radius 3 is 2.48 bits per heavy atom. The van der Waals surface area contributed by atoms with Gasteiger partial charge in [0.25, 0.3) is 5.56 Å². The fourth-order valence-electron chi connectivity index (χ4n) is 2.84. The third-order valence-corrected chi connectivity index (χ3v) is 5.40. The molecule has 0 aliphatic rings. The van der Waals surface area contributed by atoms with Gasteiger partial charge in [-0.3, -0.25) is 4.79 Å². The summed E-state index contributed by atoms with van der Waals surface area (Å²) in [5, 5.41) is 10.6. The van der Waals surface area contributed by atoms with Crippen LogP contribution in [0.25, 0.3) is 21.7 Å². The monoisotopic (exact) mass is 396 g/mol. The van der Waals surface area contributed by atoms with Crippen LogP contribution >= 0.6 is 11.3 Å². The second-order valence-corrected chi connectivity index (χ2v) is 7.36. The standard InChI is InChI=1S/C24H16N2O2S/c25-15-19(24-26-23(27)21-8-4-5-9-22(21)29-24)14-17-10-12-20(13-11-17)28-16-18-6-2-1-3-7-18/h1-14H,16H2. The molecule has 0 aliphatic heterocycles. The third kappa shape index (κ3) is 4.40. The summed E-state index contributed by atoms with van der Waals surface area (Å²) < 4.78 is 6.60. The van der Waals surface area contributed by atoms with Crippen LogP contribution in [0.15, 0.2) is 83.7 Å². The maximum absolute atomic E-state index is 12.2. The van der Waals surface area contributed by atoms with Crippen LogP contribution in [0.5, 0.6) is 5.75 Å². The average Bonchev–Trinajstić information content (AvgIpc) is 2.77. The van der Waals surface area contributed by atoms with E-state index in [0.29, 0.717) is 22.6 Å². The Hall–Kier alpha value is -3.75. The summed E-state index contributed by atoms with van der Waals surface area (Å²) in [6, 6.07) is 26.9. The second-order valence-electron chi connectivity index (χ2n) is 6.33. The Morgan fingerprint density at radius 2 is 1.72 bits per heavy atom. The van der Waals surface area contributed by atoms with Gasteiger partial charge in [0.2, 0.25) is 0 Å². The predicted molar refractivity (Wildman–Crippen MR) is 117 cm³/mol. The molecule has 4 nitrogen and oxygen atoms in total.